The first-order valence-corrected chi connectivity index (χ1v) is 9.51. The molecule has 0 aromatic heterocycles. The maximum atomic E-state index is 11.1. The smallest absolute Gasteiger partial charge is 0.333 e. The highest BCUT2D eigenvalue weighted by Crippen LogP contribution is 2.47. The minimum Gasteiger partial charge on any atom is -0.341 e. The molecule has 8 heteroatoms. The molecule has 2 atom stereocenters. The highest BCUT2D eigenvalue weighted by Gasteiger charge is 2.49. The Morgan fingerprint density at radius 3 is 2.57 bits per heavy atom. The van der Waals surface area contributed by atoms with E-state index in [1.165, 1.54) is 0 Å². The van der Waals surface area contributed by atoms with Gasteiger partial charge in [0.2, 0.25) is 0 Å². The summed E-state index contributed by atoms with van der Waals surface area (Å²) in [5, 5.41) is 5.48. The van der Waals surface area contributed by atoms with E-state index in [9.17, 15) is 8.42 Å². The molecule has 1 saturated heterocycles. The quantitative estimate of drug-likeness (QED) is 0.890. The number of halogens is 1. The zero-order valence-electron chi connectivity index (χ0n) is 12.6. The van der Waals surface area contributed by atoms with Gasteiger partial charge in [-0.2, -0.15) is 8.42 Å². The number of rotatable bonds is 4. The Labute approximate surface area is 141 Å². The summed E-state index contributed by atoms with van der Waals surface area (Å²) in [7, 11) is -4.04. The van der Waals surface area contributed by atoms with Gasteiger partial charge in [-0.25, -0.2) is 5.14 Å². The monoisotopic (exact) mass is 361 g/mol. The molecule has 2 aliphatic rings. The highest BCUT2D eigenvalue weighted by atomic mass is 35.5. The summed E-state index contributed by atoms with van der Waals surface area (Å²) < 4.78 is 39.2. The molecule has 1 saturated carbocycles. The molecule has 2 fully saturated rings. The summed E-state index contributed by atoms with van der Waals surface area (Å²) in [6, 6.07) is 7.30. The van der Waals surface area contributed by atoms with Crippen LogP contribution in [0, 0.1) is 0 Å². The van der Waals surface area contributed by atoms with E-state index in [0.717, 1.165) is 37.7 Å². The second kappa shape index (κ2) is 6.66. The van der Waals surface area contributed by atoms with Crippen LogP contribution >= 0.6 is 11.6 Å². The number of hydrogen-bond acceptors (Lipinski definition) is 5. The van der Waals surface area contributed by atoms with Crippen molar-refractivity contribution >= 4 is 21.9 Å². The zero-order valence-corrected chi connectivity index (χ0v) is 14.2. The molecule has 1 aromatic carbocycles. The molecular formula is C15H20ClNO5S. The molecule has 128 valence electrons. The molecule has 0 radical (unpaired) electrons. The second-order valence-electron chi connectivity index (χ2n) is 5.96. The fourth-order valence-corrected chi connectivity index (χ4v) is 3.82. The summed E-state index contributed by atoms with van der Waals surface area (Å²) in [5.74, 6) is -0.686. The Balaban J connectivity index is 1.85. The third-order valence-electron chi connectivity index (χ3n) is 4.27. The third-order valence-corrected chi connectivity index (χ3v) is 5.08. The van der Waals surface area contributed by atoms with E-state index < -0.39 is 28.3 Å². The molecular weight excluding hydrogens is 342 g/mol. The fraction of sp³-hybridized carbons (Fsp3) is 0.600. The van der Waals surface area contributed by atoms with E-state index >= 15 is 0 Å². The van der Waals surface area contributed by atoms with Gasteiger partial charge in [-0.05, 0) is 18.9 Å². The molecule has 0 amide bonds. The standard InChI is InChI=1S/C15H20ClNO5S/c16-12-7-3-2-6-11(12)14-13(10-20-23(17,18)19)21-15(22-14)8-4-1-5-9-15/h2-3,6-7,13-14H,1,4-5,8-10H2,(H2,17,18,19)/t13-,14-/m0/s1. The average Bonchev–Trinajstić information content (AvgIpc) is 2.84. The van der Waals surface area contributed by atoms with Gasteiger partial charge >= 0.3 is 10.3 Å². The molecule has 6 nitrogen and oxygen atoms in total. The van der Waals surface area contributed by atoms with Crippen LogP contribution in [0.3, 0.4) is 0 Å². The van der Waals surface area contributed by atoms with Crippen LogP contribution in [0.4, 0.5) is 0 Å². The Kier molecular flexibility index (Phi) is 4.96. The van der Waals surface area contributed by atoms with E-state index in [4.69, 9.17) is 30.4 Å². The van der Waals surface area contributed by atoms with E-state index in [-0.39, 0.29) is 6.61 Å². The molecule has 0 unspecified atom stereocenters. The van der Waals surface area contributed by atoms with Crippen molar-refractivity contribution in [1.29, 1.82) is 0 Å². The van der Waals surface area contributed by atoms with E-state index in [2.05, 4.69) is 0 Å². The lowest BCUT2D eigenvalue weighted by atomic mass is 9.94. The normalized spacial score (nSPS) is 27.4. The van der Waals surface area contributed by atoms with Gasteiger partial charge in [0, 0.05) is 23.4 Å². The third kappa shape index (κ3) is 4.04. The van der Waals surface area contributed by atoms with E-state index in [1.807, 2.05) is 18.2 Å². The van der Waals surface area contributed by atoms with Crippen LogP contribution in [0.15, 0.2) is 24.3 Å². The lowest BCUT2D eigenvalue weighted by molar-refractivity contribution is -0.196. The van der Waals surface area contributed by atoms with Crippen LogP contribution in [0.5, 0.6) is 0 Å². The van der Waals surface area contributed by atoms with Crippen LogP contribution in [-0.4, -0.2) is 26.9 Å². The number of benzene rings is 1. The van der Waals surface area contributed by atoms with Crippen LogP contribution in [0.1, 0.15) is 43.8 Å². The second-order valence-corrected chi connectivity index (χ2v) is 7.59. The molecule has 1 aliphatic heterocycles. The molecule has 1 heterocycles. The van der Waals surface area contributed by atoms with Crippen LogP contribution < -0.4 is 5.14 Å². The lowest BCUT2D eigenvalue weighted by Crippen LogP contribution is -2.34. The maximum absolute atomic E-state index is 11.1. The molecule has 1 aliphatic carbocycles. The van der Waals surface area contributed by atoms with Crippen molar-refractivity contribution in [2.75, 3.05) is 6.61 Å². The summed E-state index contributed by atoms with van der Waals surface area (Å²) in [5.41, 5.74) is 0.764. The van der Waals surface area contributed by atoms with E-state index in [1.54, 1.807) is 6.07 Å². The van der Waals surface area contributed by atoms with E-state index in [0.29, 0.717) is 5.02 Å². The molecule has 0 bridgehead atoms. The first-order valence-electron chi connectivity index (χ1n) is 7.66. The Morgan fingerprint density at radius 1 is 1.22 bits per heavy atom. The van der Waals surface area contributed by atoms with Gasteiger partial charge in [0.05, 0.1) is 6.61 Å². The molecule has 23 heavy (non-hydrogen) atoms. The van der Waals surface area contributed by atoms with Crippen molar-refractivity contribution in [3.8, 4) is 0 Å². The minimum absolute atomic E-state index is 0.198. The zero-order chi connectivity index (χ0) is 16.5. The largest absolute Gasteiger partial charge is 0.341 e. The summed E-state index contributed by atoms with van der Waals surface area (Å²) in [4.78, 5) is 0. The SMILES string of the molecule is NS(=O)(=O)OC[C@@H]1OC2(CCCCC2)O[C@H]1c1ccccc1Cl. The lowest BCUT2D eigenvalue weighted by Gasteiger charge is -2.32. The first-order chi connectivity index (χ1) is 10.9. The molecule has 1 spiro atoms. The fourth-order valence-electron chi connectivity index (χ4n) is 3.25. The maximum Gasteiger partial charge on any atom is 0.333 e. The minimum atomic E-state index is -4.04. The number of ether oxygens (including phenoxy) is 2. The van der Waals surface area contributed by atoms with Gasteiger partial charge in [-0.15, -0.1) is 0 Å². The molecule has 1 aromatic rings. The van der Waals surface area contributed by atoms with Crippen LogP contribution in [-0.2, 0) is 24.0 Å². The Bertz CT molecular complexity index is 660. The van der Waals surface area contributed by atoms with Crippen molar-refractivity contribution in [2.24, 2.45) is 5.14 Å². The summed E-state index contributed by atoms with van der Waals surface area (Å²) in [6.07, 6.45) is 3.66. The van der Waals surface area contributed by atoms with Gasteiger partial charge in [-0.3, -0.25) is 4.18 Å². The van der Waals surface area contributed by atoms with Gasteiger partial charge in [-0.1, -0.05) is 36.2 Å². The number of hydrogen-bond donors (Lipinski definition) is 1. The predicted molar refractivity (Wildman–Crippen MR) is 85.0 cm³/mol. The summed E-state index contributed by atoms with van der Waals surface area (Å²) in [6.45, 7) is -0.198. The molecule has 2 N–H and O–H groups in total. The van der Waals surface area contributed by atoms with Crippen molar-refractivity contribution in [1.82, 2.24) is 0 Å². The Hall–Kier alpha value is -0.700. The van der Waals surface area contributed by atoms with Gasteiger partial charge in [0.1, 0.15) is 12.2 Å². The topological polar surface area (TPSA) is 87.9 Å². The average molecular weight is 362 g/mol. The van der Waals surface area contributed by atoms with Crippen molar-refractivity contribution in [3.05, 3.63) is 34.9 Å². The predicted octanol–water partition coefficient (Wildman–Crippen LogP) is 2.68. The van der Waals surface area contributed by atoms with Crippen molar-refractivity contribution in [2.45, 2.75) is 50.1 Å². The summed E-state index contributed by atoms with van der Waals surface area (Å²) >= 11 is 6.27. The van der Waals surface area contributed by atoms with Crippen molar-refractivity contribution in [3.63, 3.8) is 0 Å². The van der Waals surface area contributed by atoms with Crippen molar-refractivity contribution < 1.29 is 22.1 Å². The number of nitrogens with two attached hydrogens (primary N) is 1. The van der Waals surface area contributed by atoms with Crippen LogP contribution in [0.25, 0.3) is 0 Å². The first kappa shape index (κ1) is 17.1. The highest BCUT2D eigenvalue weighted by molar-refractivity contribution is 7.84. The van der Waals surface area contributed by atoms with Crippen LogP contribution in [0.2, 0.25) is 5.02 Å². The van der Waals surface area contributed by atoms with Gasteiger partial charge in [0.25, 0.3) is 0 Å². The Morgan fingerprint density at radius 2 is 1.91 bits per heavy atom. The van der Waals surface area contributed by atoms with Gasteiger partial charge < -0.3 is 9.47 Å². The molecule has 3 rings (SSSR count). The van der Waals surface area contributed by atoms with Gasteiger partial charge in [0.15, 0.2) is 5.79 Å².